The van der Waals surface area contributed by atoms with Crippen LogP contribution in [0.25, 0.3) is 0 Å². The summed E-state index contributed by atoms with van der Waals surface area (Å²) in [6.45, 7) is 7.34. The van der Waals surface area contributed by atoms with Crippen molar-refractivity contribution in [1.29, 1.82) is 5.41 Å². The van der Waals surface area contributed by atoms with Crippen LogP contribution >= 0.6 is 0 Å². The van der Waals surface area contributed by atoms with E-state index in [1.54, 1.807) is 6.20 Å². The van der Waals surface area contributed by atoms with Gasteiger partial charge in [0.15, 0.2) is 5.82 Å². The summed E-state index contributed by atoms with van der Waals surface area (Å²) in [5, 5.41) is 19.1. The Balaban J connectivity index is 1.70. The lowest BCUT2D eigenvalue weighted by atomic mass is 10.1. The molecule has 0 aromatic carbocycles. The number of ether oxygens (including phenoxy) is 1. The second-order valence-electron chi connectivity index (χ2n) is 11.1. The Hall–Kier alpha value is -3.03. The van der Waals surface area contributed by atoms with E-state index < -0.39 is 12.8 Å². The molecule has 4 heterocycles. The van der Waals surface area contributed by atoms with E-state index in [-0.39, 0.29) is 19.2 Å². The molecule has 0 radical (unpaired) electrons. The molecule has 13 heteroatoms. The number of hydrogen-bond donors (Lipinski definition) is 4. The Morgan fingerprint density at radius 1 is 1.25 bits per heavy atom. The smallest absolute Gasteiger partial charge is 0.378 e. The number of hydrogen-bond acceptors (Lipinski definition) is 9. The number of aromatic nitrogens is 3. The second-order valence-corrected chi connectivity index (χ2v) is 11.1. The molecule has 40 heavy (non-hydrogen) atoms. The Bertz CT molecular complexity index is 1150. The van der Waals surface area contributed by atoms with Gasteiger partial charge in [0.1, 0.15) is 36.1 Å². The molecular formula is C27H41F3N9O+. The Morgan fingerprint density at radius 3 is 2.73 bits per heavy atom. The predicted molar refractivity (Wildman–Crippen MR) is 151 cm³/mol. The van der Waals surface area contributed by atoms with E-state index in [1.165, 1.54) is 6.42 Å². The van der Waals surface area contributed by atoms with Crippen molar-refractivity contribution in [2.75, 3.05) is 81.6 Å². The number of nitrogens with zero attached hydrogens (tertiary/aromatic N) is 5. The van der Waals surface area contributed by atoms with E-state index in [9.17, 15) is 18.6 Å². The van der Waals surface area contributed by atoms with Gasteiger partial charge in [0.25, 0.3) is 0 Å². The van der Waals surface area contributed by atoms with Crippen molar-refractivity contribution >= 4 is 29.0 Å². The maximum atomic E-state index is 12.6. The molecule has 0 unspecified atom stereocenters. The standard InChI is InChI=1S/C27H41F3N9O/c1-19-7-8-33-22(15-19)35-25-24(34-10-14-40-18-27(28,29)30)23(21(31)17-39(3)12-5-4-6-13-39)36-26(37-25)38-11-9-32-20(2)16-38/h7-8,15,20,31-32,34H,4-6,9-14,16-18H2,1-3H3,(H,33,35,36,37)/q+1/t20-/m1/s1. The van der Waals surface area contributed by atoms with Gasteiger partial charge in [-0.1, -0.05) is 0 Å². The highest BCUT2D eigenvalue weighted by atomic mass is 19.4. The van der Waals surface area contributed by atoms with Gasteiger partial charge in [-0.15, -0.1) is 0 Å². The molecule has 1 atom stereocenters. The van der Waals surface area contributed by atoms with Crippen molar-refractivity contribution in [3.8, 4) is 0 Å². The number of piperazine rings is 1. The van der Waals surface area contributed by atoms with Crippen molar-refractivity contribution < 1.29 is 22.4 Å². The number of anilines is 4. The number of quaternary nitrogens is 1. The lowest BCUT2D eigenvalue weighted by Crippen LogP contribution is -2.51. The largest absolute Gasteiger partial charge is 0.411 e. The summed E-state index contributed by atoms with van der Waals surface area (Å²) in [4.78, 5) is 16.3. The van der Waals surface area contributed by atoms with E-state index in [4.69, 9.17) is 14.7 Å². The summed E-state index contributed by atoms with van der Waals surface area (Å²) in [6, 6.07) is 4.02. The van der Waals surface area contributed by atoms with E-state index in [0.717, 1.165) is 42.5 Å². The third-order valence-electron chi connectivity index (χ3n) is 7.25. The number of pyridine rings is 1. The molecule has 2 aliphatic rings. The number of aryl methyl sites for hydroxylation is 1. The van der Waals surface area contributed by atoms with Crippen LogP contribution in [0, 0.1) is 12.3 Å². The van der Waals surface area contributed by atoms with Gasteiger partial charge < -0.3 is 30.1 Å². The van der Waals surface area contributed by atoms with Gasteiger partial charge in [-0.25, -0.2) is 9.97 Å². The Kier molecular flexibility index (Phi) is 9.80. The minimum Gasteiger partial charge on any atom is -0.378 e. The van der Waals surface area contributed by atoms with E-state index in [2.05, 4.69) is 39.8 Å². The number of likely N-dealkylation sites (tertiary alicyclic amines) is 1. The third-order valence-corrected chi connectivity index (χ3v) is 7.25. The van der Waals surface area contributed by atoms with Crippen LogP contribution in [-0.4, -0.2) is 103 Å². The number of likely N-dealkylation sites (N-methyl/N-ethyl adjacent to an activating group) is 1. The van der Waals surface area contributed by atoms with Gasteiger partial charge in [-0.05, 0) is 50.8 Å². The number of alkyl halides is 3. The van der Waals surface area contributed by atoms with E-state index in [0.29, 0.717) is 54.3 Å². The Labute approximate surface area is 233 Å². The fraction of sp³-hybridized carbons (Fsp3) is 0.630. The fourth-order valence-corrected chi connectivity index (χ4v) is 5.23. The topological polar surface area (TPSA) is 111 Å². The fourth-order valence-electron chi connectivity index (χ4n) is 5.23. The van der Waals surface area contributed by atoms with Gasteiger partial charge in [0.05, 0.1) is 26.7 Å². The first-order valence-corrected chi connectivity index (χ1v) is 13.9. The van der Waals surface area contributed by atoms with Gasteiger partial charge in [0.2, 0.25) is 5.95 Å². The van der Waals surface area contributed by atoms with Crippen LogP contribution in [0.15, 0.2) is 18.3 Å². The SMILES string of the molecule is Cc1ccnc(Nc2nc(N3CCN[C@H](C)C3)nc(C(=N)C[N+]3(C)CCCCC3)c2NCCOCC(F)(F)F)c1. The van der Waals surface area contributed by atoms with E-state index >= 15 is 0 Å². The monoisotopic (exact) mass is 564 g/mol. The normalized spacial score (nSPS) is 19.4. The number of halogens is 3. The molecule has 4 rings (SSSR count). The predicted octanol–water partition coefficient (Wildman–Crippen LogP) is 3.71. The molecular weight excluding hydrogens is 523 g/mol. The number of rotatable bonds is 11. The molecule has 2 aromatic rings. The molecule has 220 valence electrons. The molecule has 2 fully saturated rings. The Morgan fingerprint density at radius 2 is 2.02 bits per heavy atom. The minimum absolute atomic E-state index is 0.0891. The summed E-state index contributed by atoms with van der Waals surface area (Å²) >= 11 is 0. The highest BCUT2D eigenvalue weighted by molar-refractivity contribution is 6.04. The van der Waals surface area contributed by atoms with Crippen molar-refractivity contribution in [3.63, 3.8) is 0 Å². The quantitative estimate of drug-likeness (QED) is 0.186. The molecule has 0 spiro atoms. The molecule has 2 saturated heterocycles. The van der Waals surface area contributed by atoms with Crippen molar-refractivity contribution in [2.24, 2.45) is 0 Å². The number of nitrogens with one attached hydrogen (secondary N) is 4. The average Bonchev–Trinajstić information content (AvgIpc) is 2.88. The summed E-state index contributed by atoms with van der Waals surface area (Å²) in [6.07, 6.45) is 0.730. The van der Waals surface area contributed by atoms with Gasteiger partial charge in [-0.3, -0.25) is 5.41 Å². The first-order valence-electron chi connectivity index (χ1n) is 13.9. The van der Waals surface area contributed by atoms with Crippen LogP contribution in [0.5, 0.6) is 0 Å². The molecule has 0 saturated carbocycles. The number of piperidine rings is 1. The van der Waals surface area contributed by atoms with Crippen molar-refractivity contribution in [2.45, 2.75) is 45.3 Å². The zero-order chi connectivity index (χ0) is 28.8. The minimum atomic E-state index is -4.39. The van der Waals surface area contributed by atoms with Crippen LogP contribution < -0.4 is 20.9 Å². The zero-order valence-electron chi connectivity index (χ0n) is 23.6. The van der Waals surface area contributed by atoms with Gasteiger partial charge in [-0.2, -0.15) is 18.2 Å². The first-order chi connectivity index (χ1) is 19.0. The van der Waals surface area contributed by atoms with E-state index in [1.807, 2.05) is 19.1 Å². The molecule has 2 aliphatic heterocycles. The lowest BCUT2D eigenvalue weighted by Gasteiger charge is -2.38. The molecule has 10 nitrogen and oxygen atoms in total. The van der Waals surface area contributed by atoms with Crippen molar-refractivity contribution in [1.82, 2.24) is 20.3 Å². The summed E-state index contributed by atoms with van der Waals surface area (Å²) < 4.78 is 43.4. The van der Waals surface area contributed by atoms with Gasteiger partial charge >= 0.3 is 6.18 Å². The summed E-state index contributed by atoms with van der Waals surface area (Å²) in [7, 11) is 2.17. The molecule has 2 aromatic heterocycles. The first kappa shape index (κ1) is 29.9. The molecule has 0 amide bonds. The second kappa shape index (κ2) is 13.1. The molecule has 4 N–H and O–H groups in total. The maximum absolute atomic E-state index is 12.6. The maximum Gasteiger partial charge on any atom is 0.411 e. The highest BCUT2D eigenvalue weighted by Crippen LogP contribution is 2.30. The van der Waals surface area contributed by atoms with Crippen LogP contribution in [0.1, 0.15) is 37.4 Å². The lowest BCUT2D eigenvalue weighted by molar-refractivity contribution is -0.905. The molecule has 0 aliphatic carbocycles. The summed E-state index contributed by atoms with van der Waals surface area (Å²) in [5.41, 5.74) is 2.26. The van der Waals surface area contributed by atoms with Crippen LogP contribution in [0.3, 0.4) is 0 Å². The van der Waals surface area contributed by atoms with Crippen LogP contribution in [0.4, 0.5) is 36.4 Å². The highest BCUT2D eigenvalue weighted by Gasteiger charge is 2.31. The van der Waals surface area contributed by atoms with Crippen LogP contribution in [0.2, 0.25) is 0 Å². The average molecular weight is 565 g/mol. The third kappa shape index (κ3) is 8.48. The zero-order valence-corrected chi connectivity index (χ0v) is 23.6. The van der Waals surface area contributed by atoms with Gasteiger partial charge in [0, 0.05) is 38.4 Å². The summed E-state index contributed by atoms with van der Waals surface area (Å²) in [5.74, 6) is 1.50. The van der Waals surface area contributed by atoms with Crippen LogP contribution in [-0.2, 0) is 4.74 Å². The van der Waals surface area contributed by atoms with Crippen molar-refractivity contribution in [3.05, 3.63) is 29.6 Å². The molecule has 0 bridgehead atoms.